The van der Waals surface area contributed by atoms with Crippen LogP contribution in [0.5, 0.6) is 5.75 Å². The van der Waals surface area contributed by atoms with Crippen LogP contribution in [0.4, 0.5) is 13.2 Å². The van der Waals surface area contributed by atoms with Gasteiger partial charge in [0.25, 0.3) is 0 Å². The third-order valence-corrected chi connectivity index (χ3v) is 3.78. The number of carbonyl (C=O) groups is 2. The van der Waals surface area contributed by atoms with Gasteiger partial charge in [-0.05, 0) is 37.0 Å². The molecule has 0 spiro atoms. The second-order valence-electron chi connectivity index (χ2n) is 5.45. The molecule has 2 rings (SSSR count). The molecule has 2 N–H and O–H groups in total. The molecule has 1 aliphatic rings. The minimum atomic E-state index is -4.74. The van der Waals surface area contributed by atoms with Crippen molar-refractivity contribution in [3.05, 3.63) is 29.8 Å². The van der Waals surface area contributed by atoms with Gasteiger partial charge in [-0.1, -0.05) is 12.1 Å². The summed E-state index contributed by atoms with van der Waals surface area (Å²) in [4.78, 5) is 22.8. The molecule has 1 saturated carbocycles. The van der Waals surface area contributed by atoms with E-state index in [0.29, 0.717) is 24.8 Å². The van der Waals surface area contributed by atoms with Gasteiger partial charge in [0.1, 0.15) is 5.75 Å². The first-order chi connectivity index (χ1) is 10.7. The summed E-state index contributed by atoms with van der Waals surface area (Å²) < 4.78 is 39.9. The van der Waals surface area contributed by atoms with Crippen LogP contribution < -0.4 is 10.1 Å². The molecule has 5 nitrogen and oxygen atoms in total. The number of carboxylic acids is 1. The maximum absolute atomic E-state index is 12.0. The van der Waals surface area contributed by atoms with Gasteiger partial charge in [0, 0.05) is 12.5 Å². The summed E-state index contributed by atoms with van der Waals surface area (Å²) in [5.41, 5.74) is 0.626. The number of hydrogen-bond acceptors (Lipinski definition) is 3. The lowest BCUT2D eigenvalue weighted by Crippen LogP contribution is -2.29. The van der Waals surface area contributed by atoms with Crippen molar-refractivity contribution in [1.29, 1.82) is 0 Å². The zero-order chi connectivity index (χ0) is 17.0. The first-order valence-electron chi connectivity index (χ1n) is 7.10. The third kappa shape index (κ3) is 5.15. The quantitative estimate of drug-likeness (QED) is 0.870. The fourth-order valence-electron chi connectivity index (χ4n) is 2.59. The smallest absolute Gasteiger partial charge is 0.481 e. The maximum Gasteiger partial charge on any atom is 0.573 e. The van der Waals surface area contributed by atoms with Crippen molar-refractivity contribution in [2.75, 3.05) is 0 Å². The standard InChI is InChI=1S/C15H16F3NO4/c16-15(17,18)23-12-5-1-9(2-6-12)8-19-13(20)10-3-4-11(7-10)14(21)22/h1-2,5-6,10-11H,3-4,7-8H2,(H,19,20)(H,21,22)/t10-,11+/m0/s1. The molecular weight excluding hydrogens is 315 g/mol. The molecule has 0 radical (unpaired) electrons. The first-order valence-corrected chi connectivity index (χ1v) is 7.10. The van der Waals surface area contributed by atoms with Crippen LogP contribution in [0.25, 0.3) is 0 Å². The average Bonchev–Trinajstić information content (AvgIpc) is 2.94. The molecule has 23 heavy (non-hydrogen) atoms. The summed E-state index contributed by atoms with van der Waals surface area (Å²) in [7, 11) is 0. The Kier molecular flexibility index (Phi) is 5.12. The predicted molar refractivity (Wildman–Crippen MR) is 73.4 cm³/mol. The average molecular weight is 331 g/mol. The van der Waals surface area contributed by atoms with E-state index in [9.17, 15) is 22.8 Å². The lowest BCUT2D eigenvalue weighted by molar-refractivity contribution is -0.274. The van der Waals surface area contributed by atoms with Crippen LogP contribution in [-0.4, -0.2) is 23.3 Å². The van der Waals surface area contributed by atoms with Crippen molar-refractivity contribution >= 4 is 11.9 Å². The summed E-state index contributed by atoms with van der Waals surface area (Å²) in [6.45, 7) is 0.166. The molecule has 0 bridgehead atoms. The number of rotatable bonds is 5. The van der Waals surface area contributed by atoms with Crippen molar-refractivity contribution in [3.8, 4) is 5.75 Å². The van der Waals surface area contributed by atoms with Gasteiger partial charge >= 0.3 is 12.3 Å². The number of ether oxygens (including phenoxy) is 1. The van der Waals surface area contributed by atoms with Gasteiger partial charge in [-0.25, -0.2) is 0 Å². The van der Waals surface area contributed by atoms with Crippen molar-refractivity contribution in [2.45, 2.75) is 32.2 Å². The zero-order valence-corrected chi connectivity index (χ0v) is 12.1. The van der Waals surface area contributed by atoms with Crippen molar-refractivity contribution < 1.29 is 32.6 Å². The van der Waals surface area contributed by atoms with E-state index in [-0.39, 0.29) is 24.1 Å². The molecule has 126 valence electrons. The van der Waals surface area contributed by atoms with Gasteiger partial charge in [0.2, 0.25) is 5.91 Å². The zero-order valence-electron chi connectivity index (χ0n) is 12.1. The predicted octanol–water partition coefficient (Wildman–Crippen LogP) is 2.70. The van der Waals surface area contributed by atoms with Crippen LogP contribution in [0.2, 0.25) is 0 Å². The van der Waals surface area contributed by atoms with E-state index in [1.54, 1.807) is 0 Å². The van der Waals surface area contributed by atoms with Gasteiger partial charge in [-0.15, -0.1) is 13.2 Å². The Morgan fingerprint density at radius 1 is 1.17 bits per heavy atom. The maximum atomic E-state index is 12.0. The Labute approximate surface area is 130 Å². The van der Waals surface area contributed by atoms with E-state index in [1.807, 2.05) is 0 Å². The molecule has 1 aromatic carbocycles. The molecule has 1 aromatic rings. The number of hydrogen-bond donors (Lipinski definition) is 2. The number of benzene rings is 1. The monoisotopic (exact) mass is 331 g/mol. The highest BCUT2D eigenvalue weighted by Crippen LogP contribution is 2.31. The summed E-state index contributed by atoms with van der Waals surface area (Å²) in [5.74, 6) is -2.26. The number of carboxylic acid groups (broad SMARTS) is 1. The van der Waals surface area contributed by atoms with Crippen LogP contribution in [0.15, 0.2) is 24.3 Å². The van der Waals surface area contributed by atoms with Crippen LogP contribution in [0.3, 0.4) is 0 Å². The normalized spacial score (nSPS) is 21.0. The van der Waals surface area contributed by atoms with E-state index in [4.69, 9.17) is 5.11 Å². The van der Waals surface area contributed by atoms with Crippen molar-refractivity contribution in [1.82, 2.24) is 5.32 Å². The van der Waals surface area contributed by atoms with Gasteiger partial charge in [-0.3, -0.25) is 9.59 Å². The molecule has 1 fully saturated rings. The Morgan fingerprint density at radius 3 is 2.30 bits per heavy atom. The number of aliphatic carboxylic acids is 1. The fourth-order valence-corrected chi connectivity index (χ4v) is 2.59. The van der Waals surface area contributed by atoms with Crippen LogP contribution in [-0.2, 0) is 16.1 Å². The molecule has 1 amide bonds. The van der Waals surface area contributed by atoms with Crippen LogP contribution >= 0.6 is 0 Å². The highest BCUT2D eigenvalue weighted by Gasteiger charge is 2.33. The topological polar surface area (TPSA) is 75.6 Å². The molecule has 0 aromatic heterocycles. The van der Waals surface area contributed by atoms with E-state index in [1.165, 1.54) is 24.3 Å². The molecule has 8 heteroatoms. The van der Waals surface area contributed by atoms with E-state index >= 15 is 0 Å². The number of amides is 1. The fraction of sp³-hybridized carbons (Fsp3) is 0.467. The number of nitrogens with one attached hydrogen (secondary N) is 1. The Bertz CT molecular complexity index is 571. The van der Waals surface area contributed by atoms with Crippen molar-refractivity contribution in [2.24, 2.45) is 11.8 Å². The van der Waals surface area contributed by atoms with Crippen LogP contribution in [0, 0.1) is 11.8 Å². The van der Waals surface area contributed by atoms with Gasteiger partial charge in [0.15, 0.2) is 0 Å². The molecule has 0 unspecified atom stereocenters. The Morgan fingerprint density at radius 2 is 1.78 bits per heavy atom. The van der Waals surface area contributed by atoms with Gasteiger partial charge in [-0.2, -0.15) is 0 Å². The second-order valence-corrected chi connectivity index (χ2v) is 5.45. The summed E-state index contributed by atoms with van der Waals surface area (Å²) in [5, 5.41) is 11.6. The minimum Gasteiger partial charge on any atom is -0.481 e. The van der Waals surface area contributed by atoms with Crippen LogP contribution in [0.1, 0.15) is 24.8 Å². The largest absolute Gasteiger partial charge is 0.573 e. The second kappa shape index (κ2) is 6.89. The number of carbonyl (C=O) groups excluding carboxylic acids is 1. The SMILES string of the molecule is O=C(O)[C@@H]1CC[C@H](C(=O)NCc2ccc(OC(F)(F)F)cc2)C1. The van der Waals surface area contributed by atoms with Crippen molar-refractivity contribution in [3.63, 3.8) is 0 Å². The van der Waals surface area contributed by atoms with Gasteiger partial charge in [0.05, 0.1) is 5.92 Å². The third-order valence-electron chi connectivity index (χ3n) is 3.78. The highest BCUT2D eigenvalue weighted by atomic mass is 19.4. The molecular formula is C15H16F3NO4. The molecule has 0 saturated heterocycles. The molecule has 1 aliphatic carbocycles. The van der Waals surface area contributed by atoms with E-state index < -0.39 is 18.2 Å². The summed E-state index contributed by atoms with van der Waals surface area (Å²) in [6, 6.07) is 5.20. The minimum absolute atomic E-state index is 0.166. The highest BCUT2D eigenvalue weighted by molar-refractivity contribution is 5.80. The molecule has 0 heterocycles. The number of halogens is 3. The summed E-state index contributed by atoms with van der Waals surface area (Å²) in [6.07, 6.45) is -3.41. The Hall–Kier alpha value is -2.25. The van der Waals surface area contributed by atoms with E-state index in [2.05, 4.69) is 10.1 Å². The molecule has 0 aliphatic heterocycles. The molecule has 2 atom stereocenters. The van der Waals surface area contributed by atoms with E-state index in [0.717, 1.165) is 0 Å². The first kappa shape index (κ1) is 17.1. The lowest BCUT2D eigenvalue weighted by atomic mass is 10.0. The van der Waals surface area contributed by atoms with Gasteiger partial charge < -0.3 is 15.2 Å². The Balaban J connectivity index is 1.82. The lowest BCUT2D eigenvalue weighted by Gasteiger charge is -2.12. The summed E-state index contributed by atoms with van der Waals surface area (Å²) >= 11 is 0. The number of alkyl halides is 3.